The molecule has 5 rings (SSSR count). The third kappa shape index (κ3) is 8.96. The van der Waals surface area contributed by atoms with Crippen LogP contribution < -0.4 is 5.32 Å². The molecule has 0 aliphatic carbocycles. The van der Waals surface area contributed by atoms with E-state index in [4.69, 9.17) is 10.2 Å². The molecule has 14 heteroatoms. The number of fused-ring (bicyclic) bond motifs is 1. The number of aryl methyl sites for hydroxylation is 1. The zero-order valence-corrected chi connectivity index (χ0v) is 31.4. The first kappa shape index (κ1) is 38.4. The summed E-state index contributed by atoms with van der Waals surface area (Å²) in [5, 5.41) is 15.1. The van der Waals surface area contributed by atoms with Crippen molar-refractivity contribution >= 4 is 39.3 Å². The standard InChI is InChI=1S/C38H50N8O5S/c1-6-28(4)35(46-22-21-44(38(46)48)26-34-42-33-13-10-19-39-36(33)43(34)5)37(47)41-31(23-29-11-8-7-9-12-29)18-20-45(25-27(2)3)52(50,51)32-16-14-30(15-17-32)24-40-49/h7-17,19,24,27-28,31,35,49H,6,18,20-23,25-26H2,1-5H3,(H,41,47)/b40-24+/t28-,31+,35-/m0/s1. The van der Waals surface area contributed by atoms with E-state index in [0.717, 1.165) is 16.7 Å². The normalized spacial score (nSPS) is 15.6. The van der Waals surface area contributed by atoms with E-state index >= 15 is 0 Å². The topological polar surface area (TPSA) is 153 Å². The maximum Gasteiger partial charge on any atom is 0.321 e. The van der Waals surface area contributed by atoms with E-state index in [1.165, 1.54) is 22.7 Å². The summed E-state index contributed by atoms with van der Waals surface area (Å²) in [7, 11) is -1.99. The number of carbonyl (C=O) groups is 2. The molecule has 0 saturated carbocycles. The number of imidazole rings is 1. The van der Waals surface area contributed by atoms with Gasteiger partial charge in [0, 0.05) is 45.5 Å². The van der Waals surface area contributed by atoms with Crippen molar-refractivity contribution in [1.82, 2.24) is 34.0 Å². The lowest BCUT2D eigenvalue weighted by Gasteiger charge is -2.33. The minimum Gasteiger partial charge on any atom is -0.411 e. The Morgan fingerprint density at radius 1 is 1.06 bits per heavy atom. The lowest BCUT2D eigenvalue weighted by molar-refractivity contribution is -0.127. The lowest BCUT2D eigenvalue weighted by Crippen LogP contribution is -2.54. The molecule has 0 bridgehead atoms. The van der Waals surface area contributed by atoms with Gasteiger partial charge in [0.25, 0.3) is 0 Å². The highest BCUT2D eigenvalue weighted by Gasteiger charge is 2.40. The SMILES string of the molecule is CC[C@H](C)[C@@H](C(=O)N[C@H](CCN(CC(C)C)S(=O)(=O)c1ccc(/C=N/O)cc1)Cc1ccccc1)N1CCN(Cc2nc3cccnc3n2C)C1=O. The smallest absolute Gasteiger partial charge is 0.321 e. The zero-order valence-electron chi connectivity index (χ0n) is 30.6. The van der Waals surface area contributed by atoms with Gasteiger partial charge in [-0.25, -0.2) is 23.2 Å². The minimum atomic E-state index is -3.88. The number of sulfonamides is 1. The van der Waals surface area contributed by atoms with Gasteiger partial charge in [0.15, 0.2) is 5.65 Å². The molecule has 1 aliphatic rings. The molecule has 278 valence electrons. The van der Waals surface area contributed by atoms with Crippen LogP contribution in [0.5, 0.6) is 0 Å². The lowest BCUT2D eigenvalue weighted by atomic mass is 9.95. The number of rotatable bonds is 17. The molecule has 13 nitrogen and oxygen atoms in total. The first-order chi connectivity index (χ1) is 24.9. The van der Waals surface area contributed by atoms with Crippen molar-refractivity contribution in [2.75, 3.05) is 26.2 Å². The summed E-state index contributed by atoms with van der Waals surface area (Å²) in [4.78, 5) is 40.9. The van der Waals surface area contributed by atoms with E-state index in [0.29, 0.717) is 56.8 Å². The fraction of sp³-hybridized carbons (Fsp3) is 0.447. The predicted molar refractivity (Wildman–Crippen MR) is 200 cm³/mol. The van der Waals surface area contributed by atoms with Gasteiger partial charge in [0.1, 0.15) is 17.4 Å². The summed E-state index contributed by atoms with van der Waals surface area (Å²) in [5.41, 5.74) is 3.08. The number of nitrogens with one attached hydrogen (secondary N) is 1. The van der Waals surface area contributed by atoms with Gasteiger partial charge in [-0.2, -0.15) is 4.31 Å². The van der Waals surface area contributed by atoms with Crippen molar-refractivity contribution in [2.24, 2.45) is 24.0 Å². The van der Waals surface area contributed by atoms with Crippen LogP contribution in [-0.4, -0.2) is 98.7 Å². The van der Waals surface area contributed by atoms with Crippen LogP contribution in [-0.2, 0) is 34.8 Å². The molecule has 0 unspecified atom stereocenters. The summed E-state index contributed by atoms with van der Waals surface area (Å²) in [5.74, 6) is 0.388. The zero-order chi connectivity index (χ0) is 37.4. The Hall–Kier alpha value is -4.82. The molecule has 4 aromatic rings. The fourth-order valence-corrected chi connectivity index (χ4v) is 8.31. The average Bonchev–Trinajstić information content (AvgIpc) is 3.64. The maximum absolute atomic E-state index is 14.3. The van der Waals surface area contributed by atoms with Gasteiger partial charge in [-0.05, 0) is 60.1 Å². The van der Waals surface area contributed by atoms with Crippen LogP contribution in [0.15, 0.2) is 83.0 Å². The Balaban J connectivity index is 1.35. The maximum atomic E-state index is 14.3. The molecule has 2 aromatic carbocycles. The van der Waals surface area contributed by atoms with Crippen molar-refractivity contribution < 1.29 is 23.2 Å². The van der Waals surface area contributed by atoms with Crippen molar-refractivity contribution in [3.8, 4) is 0 Å². The molecule has 52 heavy (non-hydrogen) atoms. The van der Waals surface area contributed by atoms with E-state index in [9.17, 15) is 18.0 Å². The van der Waals surface area contributed by atoms with Crippen LogP contribution in [0.2, 0.25) is 0 Å². The highest BCUT2D eigenvalue weighted by Crippen LogP contribution is 2.24. The van der Waals surface area contributed by atoms with E-state index in [-0.39, 0.29) is 35.2 Å². The van der Waals surface area contributed by atoms with Gasteiger partial charge in [-0.3, -0.25) is 4.79 Å². The fourth-order valence-electron chi connectivity index (χ4n) is 6.69. The quantitative estimate of drug-likeness (QED) is 0.0891. The molecule has 2 N–H and O–H groups in total. The third-order valence-electron chi connectivity index (χ3n) is 9.66. The van der Waals surface area contributed by atoms with Crippen molar-refractivity contribution in [1.29, 1.82) is 0 Å². The number of carbonyl (C=O) groups excluding carboxylic acids is 2. The molecule has 2 aromatic heterocycles. The van der Waals surface area contributed by atoms with Crippen LogP contribution in [0, 0.1) is 11.8 Å². The van der Waals surface area contributed by atoms with E-state index in [1.54, 1.807) is 28.1 Å². The number of benzene rings is 2. The Morgan fingerprint density at radius 2 is 1.79 bits per heavy atom. The first-order valence-corrected chi connectivity index (χ1v) is 19.3. The Bertz CT molecular complexity index is 1950. The predicted octanol–water partition coefficient (Wildman–Crippen LogP) is 4.89. The third-order valence-corrected chi connectivity index (χ3v) is 11.5. The Morgan fingerprint density at radius 3 is 2.44 bits per heavy atom. The van der Waals surface area contributed by atoms with Gasteiger partial charge in [0.05, 0.1) is 17.7 Å². The molecule has 0 spiro atoms. The first-order valence-electron chi connectivity index (χ1n) is 17.9. The summed E-state index contributed by atoms with van der Waals surface area (Å²) < 4.78 is 31.2. The molecule has 1 saturated heterocycles. The van der Waals surface area contributed by atoms with Crippen LogP contribution in [0.25, 0.3) is 11.2 Å². The number of hydrogen-bond donors (Lipinski definition) is 2. The van der Waals surface area contributed by atoms with Crippen LogP contribution >= 0.6 is 0 Å². The second-order valence-electron chi connectivity index (χ2n) is 13.9. The summed E-state index contributed by atoms with van der Waals surface area (Å²) in [6.07, 6.45) is 4.48. The number of aromatic nitrogens is 3. The van der Waals surface area contributed by atoms with Crippen molar-refractivity contribution in [3.05, 3.63) is 89.9 Å². The van der Waals surface area contributed by atoms with E-state index in [1.807, 2.05) is 81.8 Å². The summed E-state index contributed by atoms with van der Waals surface area (Å²) in [6, 6.07) is 18.4. The molecule has 3 atom stereocenters. The summed E-state index contributed by atoms with van der Waals surface area (Å²) in [6.45, 7) is 9.55. The van der Waals surface area contributed by atoms with Crippen LogP contribution in [0.3, 0.4) is 0 Å². The number of oxime groups is 1. The number of pyridine rings is 1. The van der Waals surface area contributed by atoms with E-state index < -0.39 is 22.1 Å². The van der Waals surface area contributed by atoms with Gasteiger partial charge < -0.3 is 24.9 Å². The number of amides is 3. The molecular weight excluding hydrogens is 681 g/mol. The molecule has 0 radical (unpaired) electrons. The monoisotopic (exact) mass is 730 g/mol. The Kier molecular flexibility index (Phi) is 12.7. The molecule has 3 heterocycles. The van der Waals surface area contributed by atoms with Crippen molar-refractivity contribution in [3.63, 3.8) is 0 Å². The minimum absolute atomic E-state index is 0.0528. The average molecular weight is 731 g/mol. The molecule has 1 aliphatic heterocycles. The van der Waals surface area contributed by atoms with E-state index in [2.05, 4.69) is 15.5 Å². The number of urea groups is 1. The highest BCUT2D eigenvalue weighted by molar-refractivity contribution is 7.89. The van der Waals surface area contributed by atoms with Crippen LogP contribution in [0.4, 0.5) is 4.79 Å². The number of hydrogen-bond acceptors (Lipinski definition) is 8. The number of nitrogens with zero attached hydrogens (tertiary/aromatic N) is 7. The second-order valence-corrected chi connectivity index (χ2v) is 15.9. The van der Waals surface area contributed by atoms with Gasteiger partial charge in [0.2, 0.25) is 15.9 Å². The van der Waals surface area contributed by atoms with Crippen molar-refractivity contribution in [2.45, 2.75) is 70.5 Å². The van der Waals surface area contributed by atoms with Crippen LogP contribution in [0.1, 0.15) is 57.5 Å². The highest BCUT2D eigenvalue weighted by atomic mass is 32.2. The van der Waals surface area contributed by atoms with Gasteiger partial charge >= 0.3 is 6.03 Å². The molecular formula is C38H50N8O5S. The molecule has 1 fully saturated rings. The van der Waals surface area contributed by atoms with Gasteiger partial charge in [-0.1, -0.05) is 81.7 Å². The largest absolute Gasteiger partial charge is 0.411 e. The van der Waals surface area contributed by atoms with Gasteiger partial charge in [-0.15, -0.1) is 0 Å². The second kappa shape index (κ2) is 17.1. The summed E-state index contributed by atoms with van der Waals surface area (Å²) >= 11 is 0. The Labute approximate surface area is 306 Å². The molecule has 3 amide bonds.